The van der Waals surface area contributed by atoms with E-state index in [2.05, 4.69) is 9.98 Å². The van der Waals surface area contributed by atoms with Gasteiger partial charge in [-0.2, -0.15) is 0 Å². The molecule has 0 aliphatic carbocycles. The molecule has 0 amide bonds. The molecule has 8 heteroatoms. The summed E-state index contributed by atoms with van der Waals surface area (Å²) in [7, 11) is 3.29. The summed E-state index contributed by atoms with van der Waals surface area (Å²) in [5.74, 6) is 2.87. The molecule has 0 fully saturated rings. The van der Waals surface area contributed by atoms with Crippen LogP contribution in [0.1, 0.15) is 35.4 Å². The van der Waals surface area contributed by atoms with Gasteiger partial charge in [-0.25, -0.2) is 9.97 Å². The minimum Gasteiger partial charge on any atom is -0.497 e. The van der Waals surface area contributed by atoms with Crippen molar-refractivity contribution in [2.45, 2.75) is 26.1 Å². The summed E-state index contributed by atoms with van der Waals surface area (Å²) in [6.45, 7) is 1.83. The molecule has 1 aliphatic heterocycles. The third-order valence-electron chi connectivity index (χ3n) is 6.17. The number of para-hydroxylation sites is 2. The molecule has 5 rings (SSSR count). The van der Waals surface area contributed by atoms with Crippen molar-refractivity contribution in [1.82, 2.24) is 9.97 Å². The second kappa shape index (κ2) is 12.2. The molecule has 0 atom stereocenters. The van der Waals surface area contributed by atoms with Crippen LogP contribution in [0, 0.1) is 0 Å². The summed E-state index contributed by atoms with van der Waals surface area (Å²) in [5.41, 5.74) is 4.69. The van der Waals surface area contributed by atoms with Crippen molar-refractivity contribution in [3.05, 3.63) is 83.2 Å². The summed E-state index contributed by atoms with van der Waals surface area (Å²) in [6.07, 6.45) is 5.52. The topological polar surface area (TPSA) is 87.4 Å². The van der Waals surface area contributed by atoms with Crippen LogP contribution in [0.4, 0.5) is 0 Å². The van der Waals surface area contributed by atoms with Gasteiger partial charge in [0.2, 0.25) is 0 Å². The Morgan fingerprint density at radius 2 is 1.11 bits per heavy atom. The second-order valence-electron chi connectivity index (χ2n) is 8.77. The third-order valence-corrected chi connectivity index (χ3v) is 6.17. The number of benzene rings is 3. The SMILES string of the molecule is COc1ccc2c(c1)C=NCCCCN=Cc1cc(OC)ccc1OCc1nc3ccccc3nc1CO2. The van der Waals surface area contributed by atoms with Gasteiger partial charge in [0.1, 0.15) is 47.6 Å². The number of methoxy groups -OCH3 is 2. The van der Waals surface area contributed by atoms with Crippen LogP contribution in [-0.4, -0.2) is 49.7 Å². The standard InChI is InChI=1S/C30H30N4O4/c1-35-23-9-11-29-21(15-23)17-31-13-5-6-14-32-18-22-16-24(36-2)10-12-30(22)38-20-28-27(19-37-29)33-25-7-3-4-8-26(25)34-28/h3-4,7-12,15-18H,5-6,13-14,19-20H2,1-2H3. The smallest absolute Gasteiger partial charge is 0.132 e. The molecule has 0 saturated carbocycles. The number of hydrogen-bond acceptors (Lipinski definition) is 8. The number of aromatic nitrogens is 2. The number of fused-ring (bicyclic) bond motifs is 4. The van der Waals surface area contributed by atoms with E-state index in [1.54, 1.807) is 14.2 Å². The van der Waals surface area contributed by atoms with Gasteiger partial charge in [-0.1, -0.05) is 12.1 Å². The number of aliphatic imine (C=N–C) groups is 2. The summed E-state index contributed by atoms with van der Waals surface area (Å²) >= 11 is 0. The van der Waals surface area contributed by atoms with Gasteiger partial charge in [-0.15, -0.1) is 0 Å². The van der Waals surface area contributed by atoms with Crippen molar-refractivity contribution < 1.29 is 18.9 Å². The van der Waals surface area contributed by atoms with Crippen LogP contribution < -0.4 is 18.9 Å². The zero-order chi connectivity index (χ0) is 26.2. The molecule has 38 heavy (non-hydrogen) atoms. The van der Waals surface area contributed by atoms with E-state index in [4.69, 9.17) is 28.9 Å². The molecule has 0 bridgehead atoms. The van der Waals surface area contributed by atoms with Gasteiger partial charge < -0.3 is 18.9 Å². The first-order valence-electron chi connectivity index (χ1n) is 12.6. The number of hydrogen-bond donors (Lipinski definition) is 0. The van der Waals surface area contributed by atoms with Gasteiger partial charge in [0, 0.05) is 36.6 Å². The van der Waals surface area contributed by atoms with Crippen LogP contribution in [-0.2, 0) is 13.2 Å². The van der Waals surface area contributed by atoms with Gasteiger partial charge in [-0.05, 0) is 61.4 Å². The minimum atomic E-state index is 0.223. The largest absolute Gasteiger partial charge is 0.497 e. The Labute approximate surface area is 222 Å². The van der Waals surface area contributed by atoms with Crippen molar-refractivity contribution in [1.29, 1.82) is 0 Å². The maximum Gasteiger partial charge on any atom is 0.132 e. The summed E-state index contributed by atoms with van der Waals surface area (Å²) < 4.78 is 23.4. The Kier molecular flexibility index (Phi) is 8.08. The minimum absolute atomic E-state index is 0.223. The molecule has 0 unspecified atom stereocenters. The molecule has 2 heterocycles. The summed E-state index contributed by atoms with van der Waals surface area (Å²) in [4.78, 5) is 19.0. The lowest BCUT2D eigenvalue weighted by Crippen LogP contribution is -2.10. The Bertz CT molecular complexity index is 1360. The van der Waals surface area contributed by atoms with Crippen LogP contribution >= 0.6 is 0 Å². The predicted octanol–water partition coefficient (Wildman–Crippen LogP) is 5.44. The molecule has 3 aromatic carbocycles. The zero-order valence-corrected chi connectivity index (χ0v) is 21.6. The fraction of sp³-hybridized carbons (Fsp3) is 0.267. The van der Waals surface area contributed by atoms with E-state index in [1.165, 1.54) is 0 Å². The zero-order valence-electron chi connectivity index (χ0n) is 21.6. The van der Waals surface area contributed by atoms with Crippen molar-refractivity contribution in [2.24, 2.45) is 9.98 Å². The van der Waals surface area contributed by atoms with Crippen molar-refractivity contribution >= 4 is 23.5 Å². The second-order valence-corrected chi connectivity index (χ2v) is 8.77. The van der Waals surface area contributed by atoms with Crippen LogP contribution in [0.15, 0.2) is 70.6 Å². The molecule has 4 aromatic rings. The van der Waals surface area contributed by atoms with E-state index in [0.717, 1.165) is 46.5 Å². The molecule has 194 valence electrons. The van der Waals surface area contributed by atoms with Crippen LogP contribution in [0.3, 0.4) is 0 Å². The molecule has 0 N–H and O–H groups in total. The monoisotopic (exact) mass is 510 g/mol. The highest BCUT2D eigenvalue weighted by atomic mass is 16.5. The fourth-order valence-corrected chi connectivity index (χ4v) is 4.10. The van der Waals surface area contributed by atoms with Gasteiger partial charge in [0.15, 0.2) is 0 Å². The maximum atomic E-state index is 6.27. The molecule has 1 aromatic heterocycles. The highest BCUT2D eigenvalue weighted by Gasteiger charge is 2.14. The molecule has 0 spiro atoms. The van der Waals surface area contributed by atoms with Gasteiger partial charge in [0.25, 0.3) is 0 Å². The fourth-order valence-electron chi connectivity index (χ4n) is 4.10. The predicted molar refractivity (Wildman–Crippen MR) is 148 cm³/mol. The van der Waals surface area contributed by atoms with Crippen LogP contribution in [0.2, 0.25) is 0 Å². The third kappa shape index (κ3) is 6.08. The van der Waals surface area contributed by atoms with Gasteiger partial charge in [0.05, 0.1) is 25.3 Å². The normalized spacial score (nSPS) is 14.2. The lowest BCUT2D eigenvalue weighted by atomic mass is 10.2. The van der Waals surface area contributed by atoms with Gasteiger partial charge >= 0.3 is 0 Å². The van der Waals surface area contributed by atoms with E-state index in [9.17, 15) is 0 Å². The molecule has 0 radical (unpaired) electrons. The van der Waals surface area contributed by atoms with E-state index in [-0.39, 0.29) is 13.2 Å². The first-order valence-corrected chi connectivity index (χ1v) is 12.6. The quantitative estimate of drug-likeness (QED) is 0.357. The number of nitrogens with zero attached hydrogens (tertiary/aromatic N) is 4. The number of ether oxygens (including phenoxy) is 4. The Morgan fingerprint density at radius 1 is 0.632 bits per heavy atom. The van der Waals surface area contributed by atoms with E-state index in [0.29, 0.717) is 36.0 Å². The first-order chi connectivity index (χ1) is 18.7. The molecular weight excluding hydrogens is 480 g/mol. The van der Waals surface area contributed by atoms with Crippen molar-refractivity contribution in [2.75, 3.05) is 27.3 Å². The Balaban J connectivity index is 1.52. The van der Waals surface area contributed by atoms with Crippen molar-refractivity contribution in [3.8, 4) is 23.0 Å². The average Bonchev–Trinajstić information content (AvgIpc) is 2.96. The maximum absolute atomic E-state index is 6.27. The van der Waals surface area contributed by atoms with Crippen molar-refractivity contribution in [3.63, 3.8) is 0 Å². The summed E-state index contributed by atoms with van der Waals surface area (Å²) in [5, 5.41) is 0. The lowest BCUT2D eigenvalue weighted by molar-refractivity contribution is 0.277. The first kappa shape index (κ1) is 25.2. The molecule has 8 nitrogen and oxygen atoms in total. The van der Waals surface area contributed by atoms with E-state index in [1.807, 2.05) is 73.1 Å². The Morgan fingerprint density at radius 3 is 1.55 bits per heavy atom. The van der Waals surface area contributed by atoms with Gasteiger partial charge in [-0.3, -0.25) is 9.98 Å². The molecular formula is C30H30N4O4. The Hall–Kier alpha value is -4.46. The molecule has 1 aliphatic rings. The van der Waals surface area contributed by atoms with E-state index >= 15 is 0 Å². The highest BCUT2D eigenvalue weighted by Crippen LogP contribution is 2.26. The molecule has 0 saturated heterocycles. The lowest BCUT2D eigenvalue weighted by Gasteiger charge is -2.15. The average molecular weight is 511 g/mol. The summed E-state index contributed by atoms with van der Waals surface area (Å²) in [6, 6.07) is 19.1. The van der Waals surface area contributed by atoms with E-state index < -0.39 is 0 Å². The van der Waals surface area contributed by atoms with Crippen LogP contribution in [0.25, 0.3) is 11.0 Å². The highest BCUT2D eigenvalue weighted by molar-refractivity contribution is 5.85. The van der Waals surface area contributed by atoms with Crippen LogP contribution in [0.5, 0.6) is 23.0 Å². The number of rotatable bonds is 2.